The Morgan fingerprint density at radius 1 is 1.21 bits per heavy atom. The zero-order valence-corrected chi connectivity index (χ0v) is 16.5. The molecule has 0 spiro atoms. The molecule has 1 aliphatic rings. The molecule has 0 amide bonds. The molecule has 136 valence electrons. The van der Waals surface area contributed by atoms with E-state index in [1.54, 1.807) is 11.3 Å². The minimum Gasteiger partial charge on any atom is -0.379 e. The molecule has 0 saturated carbocycles. The molecule has 0 unspecified atom stereocenters. The van der Waals surface area contributed by atoms with Crippen LogP contribution in [0.5, 0.6) is 0 Å². The van der Waals surface area contributed by atoms with Crippen molar-refractivity contribution in [1.82, 2.24) is 15.5 Å². The highest BCUT2D eigenvalue weighted by molar-refractivity contribution is 7.10. The molecule has 0 aromatic carbocycles. The maximum atomic E-state index is 5.46. The van der Waals surface area contributed by atoms with E-state index in [-0.39, 0.29) is 11.0 Å². The Morgan fingerprint density at radius 2 is 1.88 bits per heavy atom. The van der Waals surface area contributed by atoms with Crippen molar-refractivity contribution in [1.29, 1.82) is 0 Å². The molecule has 1 fully saturated rings. The molecule has 1 saturated heterocycles. The van der Waals surface area contributed by atoms with Crippen LogP contribution < -0.4 is 10.6 Å². The average molecular weight is 353 g/mol. The molecule has 6 heteroatoms. The number of ether oxygens (including phenoxy) is 1. The Kier molecular flexibility index (Phi) is 6.66. The Bertz CT molecular complexity index is 519. The fourth-order valence-corrected chi connectivity index (χ4v) is 3.71. The molecular formula is C18H32N4OS. The van der Waals surface area contributed by atoms with Crippen molar-refractivity contribution in [2.45, 2.75) is 38.6 Å². The van der Waals surface area contributed by atoms with Gasteiger partial charge in [-0.25, -0.2) is 0 Å². The fourth-order valence-electron chi connectivity index (χ4n) is 2.86. The fraction of sp³-hybridized carbons (Fsp3) is 0.722. The Balaban J connectivity index is 1.84. The first-order valence-electron chi connectivity index (χ1n) is 8.66. The normalized spacial score (nSPS) is 17.8. The minimum absolute atomic E-state index is 0.0741. The third-order valence-electron chi connectivity index (χ3n) is 4.67. The van der Waals surface area contributed by atoms with Gasteiger partial charge in [-0.3, -0.25) is 9.89 Å². The first-order chi connectivity index (χ1) is 11.3. The zero-order chi connectivity index (χ0) is 17.6. The molecule has 0 bridgehead atoms. The van der Waals surface area contributed by atoms with Crippen LogP contribution in [-0.4, -0.2) is 62.8 Å². The predicted octanol–water partition coefficient (Wildman–Crippen LogP) is 2.30. The van der Waals surface area contributed by atoms with Gasteiger partial charge in [0.1, 0.15) is 0 Å². The maximum Gasteiger partial charge on any atom is 0.191 e. The van der Waals surface area contributed by atoms with Crippen LogP contribution in [0.3, 0.4) is 0 Å². The van der Waals surface area contributed by atoms with Gasteiger partial charge < -0.3 is 15.4 Å². The first-order valence-corrected chi connectivity index (χ1v) is 9.54. The lowest BCUT2D eigenvalue weighted by molar-refractivity contribution is -0.00834. The molecule has 1 aliphatic heterocycles. The summed E-state index contributed by atoms with van der Waals surface area (Å²) in [6.45, 7) is 14.4. The van der Waals surface area contributed by atoms with Gasteiger partial charge in [0.2, 0.25) is 0 Å². The molecule has 5 nitrogen and oxygen atoms in total. The molecule has 24 heavy (non-hydrogen) atoms. The molecule has 1 aromatic heterocycles. The van der Waals surface area contributed by atoms with Crippen molar-refractivity contribution in [3.8, 4) is 0 Å². The van der Waals surface area contributed by atoms with Gasteiger partial charge in [0.15, 0.2) is 5.96 Å². The molecule has 2 rings (SSSR count). The highest BCUT2D eigenvalue weighted by atomic mass is 32.1. The lowest BCUT2D eigenvalue weighted by Gasteiger charge is -2.41. The van der Waals surface area contributed by atoms with Crippen LogP contribution in [0.2, 0.25) is 0 Å². The van der Waals surface area contributed by atoms with E-state index in [0.717, 1.165) is 45.4 Å². The summed E-state index contributed by atoms with van der Waals surface area (Å²) >= 11 is 1.81. The summed E-state index contributed by atoms with van der Waals surface area (Å²) in [4.78, 5) is 8.24. The van der Waals surface area contributed by atoms with Crippen LogP contribution in [0.25, 0.3) is 0 Å². The Labute approximate surface area is 150 Å². The van der Waals surface area contributed by atoms with E-state index >= 15 is 0 Å². The summed E-state index contributed by atoms with van der Waals surface area (Å²) in [7, 11) is 1.83. The minimum atomic E-state index is 0.0741. The molecule has 0 aliphatic carbocycles. The van der Waals surface area contributed by atoms with Crippen LogP contribution in [0, 0.1) is 0 Å². The lowest BCUT2D eigenvalue weighted by atomic mass is 9.91. The number of hydrogen-bond acceptors (Lipinski definition) is 4. The van der Waals surface area contributed by atoms with Crippen molar-refractivity contribution in [3.63, 3.8) is 0 Å². The number of thiophene rings is 1. The smallest absolute Gasteiger partial charge is 0.191 e. The van der Waals surface area contributed by atoms with Gasteiger partial charge in [0, 0.05) is 49.1 Å². The van der Waals surface area contributed by atoms with Gasteiger partial charge in [-0.1, -0.05) is 19.9 Å². The van der Waals surface area contributed by atoms with Crippen LogP contribution in [-0.2, 0) is 10.2 Å². The largest absolute Gasteiger partial charge is 0.379 e. The van der Waals surface area contributed by atoms with Crippen LogP contribution >= 0.6 is 11.3 Å². The summed E-state index contributed by atoms with van der Waals surface area (Å²) in [5.41, 5.74) is 0.163. The molecule has 2 N–H and O–H groups in total. The quantitative estimate of drug-likeness (QED) is 0.609. The first kappa shape index (κ1) is 19.2. The van der Waals surface area contributed by atoms with E-state index < -0.39 is 0 Å². The van der Waals surface area contributed by atoms with Crippen LogP contribution in [0.4, 0.5) is 0 Å². The van der Waals surface area contributed by atoms with Crippen molar-refractivity contribution >= 4 is 17.3 Å². The third-order valence-corrected chi connectivity index (χ3v) is 5.90. The predicted molar refractivity (Wildman–Crippen MR) is 103 cm³/mol. The van der Waals surface area contributed by atoms with Crippen molar-refractivity contribution in [2.75, 3.05) is 46.4 Å². The Hall–Kier alpha value is -1.11. The standard InChI is InChI=1S/C18H32N4OS/c1-17(2,15-7-6-12-24-15)13-20-16(19-5)21-14-18(3,4)22-8-10-23-11-9-22/h6-7,12H,8-11,13-14H2,1-5H3,(H2,19,20,21). The second-order valence-electron chi connectivity index (χ2n) is 7.55. The Morgan fingerprint density at radius 3 is 2.46 bits per heavy atom. The van der Waals surface area contributed by atoms with Gasteiger partial charge in [-0.15, -0.1) is 11.3 Å². The highest BCUT2D eigenvalue weighted by Crippen LogP contribution is 2.26. The van der Waals surface area contributed by atoms with E-state index in [1.165, 1.54) is 4.88 Å². The van der Waals surface area contributed by atoms with E-state index in [2.05, 4.69) is 65.7 Å². The average Bonchev–Trinajstić information content (AvgIpc) is 3.11. The highest BCUT2D eigenvalue weighted by Gasteiger charge is 2.28. The molecular weight excluding hydrogens is 320 g/mol. The summed E-state index contributed by atoms with van der Waals surface area (Å²) in [6, 6.07) is 4.31. The number of rotatable bonds is 6. The van der Waals surface area contributed by atoms with Crippen LogP contribution in [0.1, 0.15) is 32.6 Å². The van der Waals surface area contributed by atoms with Crippen molar-refractivity contribution in [3.05, 3.63) is 22.4 Å². The van der Waals surface area contributed by atoms with Gasteiger partial charge in [0.05, 0.1) is 13.2 Å². The third kappa shape index (κ3) is 5.19. The van der Waals surface area contributed by atoms with Crippen molar-refractivity contribution < 1.29 is 4.74 Å². The van der Waals surface area contributed by atoms with E-state index in [1.807, 2.05) is 7.05 Å². The number of hydrogen-bond donors (Lipinski definition) is 2. The van der Waals surface area contributed by atoms with Gasteiger partial charge in [0.25, 0.3) is 0 Å². The van der Waals surface area contributed by atoms with Gasteiger partial charge >= 0.3 is 0 Å². The lowest BCUT2D eigenvalue weighted by Crippen LogP contribution is -2.57. The summed E-state index contributed by atoms with van der Waals surface area (Å²) in [6.07, 6.45) is 0. The zero-order valence-electron chi connectivity index (χ0n) is 15.7. The number of guanidine groups is 1. The second-order valence-corrected chi connectivity index (χ2v) is 8.50. The molecule has 2 heterocycles. The SMILES string of the molecule is CN=C(NCC(C)(C)c1cccs1)NCC(C)(C)N1CCOCC1. The van der Waals surface area contributed by atoms with E-state index in [9.17, 15) is 0 Å². The second kappa shape index (κ2) is 8.32. The van der Waals surface area contributed by atoms with Gasteiger partial charge in [-0.2, -0.15) is 0 Å². The summed E-state index contributed by atoms with van der Waals surface area (Å²) in [5, 5.41) is 9.09. The van der Waals surface area contributed by atoms with Gasteiger partial charge in [-0.05, 0) is 25.3 Å². The maximum absolute atomic E-state index is 5.46. The summed E-state index contributed by atoms with van der Waals surface area (Å²) < 4.78 is 5.46. The number of aliphatic imine (C=N–C) groups is 1. The number of nitrogens with one attached hydrogen (secondary N) is 2. The molecule has 0 atom stereocenters. The monoisotopic (exact) mass is 352 g/mol. The topological polar surface area (TPSA) is 48.9 Å². The van der Waals surface area contributed by atoms with Crippen LogP contribution in [0.15, 0.2) is 22.5 Å². The van der Waals surface area contributed by atoms with E-state index in [4.69, 9.17) is 4.74 Å². The van der Waals surface area contributed by atoms with Crippen molar-refractivity contribution in [2.24, 2.45) is 4.99 Å². The molecule has 1 aromatic rings. The molecule has 0 radical (unpaired) electrons. The summed E-state index contributed by atoms with van der Waals surface area (Å²) in [5.74, 6) is 0.862. The number of morpholine rings is 1. The van der Waals surface area contributed by atoms with E-state index in [0.29, 0.717) is 0 Å². The number of nitrogens with zero attached hydrogens (tertiary/aromatic N) is 2.